The molecule has 0 fully saturated rings. The highest BCUT2D eigenvalue weighted by Crippen LogP contribution is 2.37. The molecule has 0 saturated carbocycles. The van der Waals surface area contributed by atoms with Gasteiger partial charge in [-0.1, -0.05) is 30.3 Å². The number of anilines is 3. The van der Waals surface area contributed by atoms with Crippen LogP contribution >= 0.6 is 0 Å². The van der Waals surface area contributed by atoms with E-state index in [4.69, 9.17) is 4.74 Å². The number of sulfonamides is 1. The lowest BCUT2D eigenvalue weighted by Crippen LogP contribution is -2.30. The zero-order valence-corrected chi connectivity index (χ0v) is 23.2. The van der Waals surface area contributed by atoms with Gasteiger partial charge in [0.15, 0.2) is 5.82 Å². The number of rotatable bonds is 8. The van der Waals surface area contributed by atoms with Gasteiger partial charge in [0.25, 0.3) is 5.91 Å². The van der Waals surface area contributed by atoms with E-state index in [1.54, 1.807) is 36.5 Å². The van der Waals surface area contributed by atoms with Crippen LogP contribution in [0.15, 0.2) is 67.0 Å². The molecule has 0 atom stereocenters. The van der Waals surface area contributed by atoms with Crippen molar-refractivity contribution in [3.63, 3.8) is 0 Å². The molecule has 206 valence electrons. The van der Waals surface area contributed by atoms with Gasteiger partial charge in [0.2, 0.25) is 15.9 Å². The Balaban J connectivity index is 1.35. The smallest absolute Gasteiger partial charge is 0.261 e. The lowest BCUT2D eigenvalue weighted by atomic mass is 10.0. The topological polar surface area (TPSA) is 122 Å². The molecule has 0 radical (unpaired) electrons. The van der Waals surface area contributed by atoms with Crippen molar-refractivity contribution < 1.29 is 22.7 Å². The van der Waals surface area contributed by atoms with Crippen molar-refractivity contribution in [3.05, 3.63) is 83.7 Å². The predicted octanol–water partition coefficient (Wildman–Crippen LogP) is 3.62. The maximum Gasteiger partial charge on any atom is 0.261 e. The van der Waals surface area contributed by atoms with E-state index in [9.17, 15) is 18.0 Å². The van der Waals surface area contributed by atoms with Gasteiger partial charge in [-0.25, -0.2) is 18.4 Å². The Kier molecular flexibility index (Phi) is 7.40. The van der Waals surface area contributed by atoms with Gasteiger partial charge >= 0.3 is 0 Å². The second kappa shape index (κ2) is 10.9. The summed E-state index contributed by atoms with van der Waals surface area (Å²) in [6.07, 6.45) is 4.85. The molecular formula is C29H29N5O5S. The molecule has 40 heavy (non-hydrogen) atoms. The van der Waals surface area contributed by atoms with Crippen LogP contribution in [0.2, 0.25) is 0 Å². The molecule has 0 spiro atoms. The number of nitrogens with one attached hydrogen (secondary N) is 1. The van der Waals surface area contributed by atoms with Gasteiger partial charge in [-0.05, 0) is 47.7 Å². The quantitative estimate of drug-likeness (QED) is 0.348. The molecule has 1 N–H and O–H groups in total. The first-order chi connectivity index (χ1) is 19.2. The number of ether oxygens (including phenoxy) is 1. The van der Waals surface area contributed by atoms with Crippen molar-refractivity contribution in [1.82, 2.24) is 14.7 Å². The largest absolute Gasteiger partial charge is 0.493 e. The number of carbonyl (C=O) groups excluding carboxylic acids is 2. The SMILES string of the molecule is CCN1c2ncc(CCOc3ccc(CC(=O)NS(C)(=O)=O)c4ccccc34)cc2C(=O)N(C)c2cccnc21. The first-order valence-electron chi connectivity index (χ1n) is 12.8. The van der Waals surface area contributed by atoms with E-state index in [1.165, 1.54) is 0 Å². The summed E-state index contributed by atoms with van der Waals surface area (Å²) in [5, 5.41) is 1.62. The highest BCUT2D eigenvalue weighted by molar-refractivity contribution is 7.89. The van der Waals surface area contributed by atoms with Gasteiger partial charge < -0.3 is 14.5 Å². The summed E-state index contributed by atoms with van der Waals surface area (Å²) in [5.41, 5.74) is 2.77. The average Bonchev–Trinajstić information content (AvgIpc) is 3.01. The number of amides is 2. The summed E-state index contributed by atoms with van der Waals surface area (Å²) in [6, 6.07) is 16.6. The van der Waals surface area contributed by atoms with Crippen LogP contribution in [0.5, 0.6) is 5.75 Å². The Morgan fingerprint density at radius 1 is 1.02 bits per heavy atom. The molecule has 1 aliphatic heterocycles. The van der Waals surface area contributed by atoms with E-state index < -0.39 is 15.9 Å². The third-order valence-corrected chi connectivity index (χ3v) is 7.28. The zero-order chi connectivity index (χ0) is 28.4. The third-order valence-electron chi connectivity index (χ3n) is 6.69. The molecule has 10 nitrogen and oxygen atoms in total. The lowest BCUT2D eigenvalue weighted by molar-refractivity contribution is -0.118. The highest BCUT2D eigenvalue weighted by atomic mass is 32.2. The zero-order valence-electron chi connectivity index (χ0n) is 22.4. The Labute approximate surface area is 232 Å². The van der Waals surface area contributed by atoms with E-state index in [2.05, 4.69) is 9.97 Å². The predicted molar refractivity (Wildman–Crippen MR) is 154 cm³/mol. The molecule has 3 heterocycles. The summed E-state index contributed by atoms with van der Waals surface area (Å²) < 4.78 is 31.0. The van der Waals surface area contributed by atoms with Gasteiger partial charge in [-0.3, -0.25) is 14.3 Å². The molecule has 11 heteroatoms. The summed E-state index contributed by atoms with van der Waals surface area (Å²) >= 11 is 0. The summed E-state index contributed by atoms with van der Waals surface area (Å²) in [7, 11) is -1.90. The van der Waals surface area contributed by atoms with Gasteiger partial charge in [0.1, 0.15) is 11.6 Å². The Morgan fingerprint density at radius 2 is 1.80 bits per heavy atom. The highest BCUT2D eigenvalue weighted by Gasteiger charge is 2.30. The normalized spacial score (nSPS) is 13.0. The minimum absolute atomic E-state index is 0.0781. The number of hydrogen-bond donors (Lipinski definition) is 1. The molecule has 5 rings (SSSR count). The minimum atomic E-state index is -3.64. The fraction of sp³-hybridized carbons (Fsp3) is 0.241. The molecule has 2 amide bonds. The maximum atomic E-state index is 13.4. The average molecular weight is 560 g/mol. The molecule has 0 aliphatic carbocycles. The summed E-state index contributed by atoms with van der Waals surface area (Å²) in [6.45, 7) is 2.93. The van der Waals surface area contributed by atoms with E-state index in [0.717, 1.165) is 28.3 Å². The first kappa shape index (κ1) is 27.1. The van der Waals surface area contributed by atoms with Crippen LogP contribution < -0.4 is 19.3 Å². The van der Waals surface area contributed by atoms with Crippen molar-refractivity contribution in [2.45, 2.75) is 19.8 Å². The molecule has 2 aromatic heterocycles. The lowest BCUT2D eigenvalue weighted by Gasteiger charge is -2.22. The van der Waals surface area contributed by atoms with Crippen LogP contribution in [0.3, 0.4) is 0 Å². The number of aromatic nitrogens is 2. The van der Waals surface area contributed by atoms with E-state index in [-0.39, 0.29) is 12.3 Å². The van der Waals surface area contributed by atoms with Crippen LogP contribution in [-0.2, 0) is 27.7 Å². The van der Waals surface area contributed by atoms with Crippen molar-refractivity contribution in [1.29, 1.82) is 0 Å². The number of benzene rings is 2. The van der Waals surface area contributed by atoms with Crippen LogP contribution in [0.1, 0.15) is 28.4 Å². The fourth-order valence-corrected chi connectivity index (χ4v) is 5.35. The van der Waals surface area contributed by atoms with E-state index in [0.29, 0.717) is 48.1 Å². The van der Waals surface area contributed by atoms with Gasteiger partial charge in [0, 0.05) is 37.8 Å². The summed E-state index contributed by atoms with van der Waals surface area (Å²) in [4.78, 5) is 38.3. The number of hydrogen-bond acceptors (Lipinski definition) is 8. The Bertz CT molecular complexity index is 1720. The monoisotopic (exact) mass is 559 g/mol. The van der Waals surface area contributed by atoms with Gasteiger partial charge in [-0.2, -0.15) is 0 Å². The molecule has 1 aliphatic rings. The Morgan fingerprint density at radius 3 is 2.55 bits per heavy atom. The van der Waals surface area contributed by atoms with Crippen molar-refractivity contribution >= 4 is 49.9 Å². The van der Waals surface area contributed by atoms with Crippen molar-refractivity contribution in [2.75, 3.05) is 36.3 Å². The molecular weight excluding hydrogens is 530 g/mol. The molecule has 0 saturated heterocycles. The van der Waals surface area contributed by atoms with Crippen molar-refractivity contribution in [3.8, 4) is 5.75 Å². The van der Waals surface area contributed by atoms with Crippen LogP contribution in [0.4, 0.5) is 17.3 Å². The van der Waals surface area contributed by atoms with E-state index in [1.807, 2.05) is 59.0 Å². The third kappa shape index (κ3) is 5.46. The van der Waals surface area contributed by atoms with Crippen molar-refractivity contribution in [2.24, 2.45) is 0 Å². The number of pyridine rings is 2. The number of nitrogens with zero attached hydrogens (tertiary/aromatic N) is 4. The second-order valence-corrected chi connectivity index (χ2v) is 11.3. The van der Waals surface area contributed by atoms with Crippen LogP contribution in [0, 0.1) is 0 Å². The van der Waals surface area contributed by atoms with Gasteiger partial charge in [-0.15, -0.1) is 0 Å². The minimum Gasteiger partial charge on any atom is -0.493 e. The van der Waals surface area contributed by atoms with Gasteiger partial charge in [0.05, 0.1) is 30.5 Å². The van der Waals surface area contributed by atoms with Crippen LogP contribution in [0.25, 0.3) is 10.8 Å². The van der Waals surface area contributed by atoms with E-state index >= 15 is 0 Å². The molecule has 0 unspecified atom stereocenters. The maximum absolute atomic E-state index is 13.4. The standard InChI is InChI=1S/C29H29N5O5S/c1-4-34-27-23(29(36)33(2)24-10-7-14-30-28(24)34)16-19(18-31-27)13-15-39-25-12-11-20(17-26(35)32-40(3,37)38)21-8-5-6-9-22(21)25/h5-12,14,16,18H,4,13,15,17H2,1-3H3,(H,32,35). The molecule has 2 aromatic carbocycles. The first-order valence-corrected chi connectivity index (χ1v) is 14.7. The molecule has 0 bridgehead atoms. The fourth-order valence-electron chi connectivity index (χ4n) is 4.87. The molecule has 4 aromatic rings. The number of carbonyl (C=O) groups is 2. The number of fused-ring (bicyclic) bond motifs is 3. The van der Waals surface area contributed by atoms with Crippen LogP contribution in [-0.4, -0.2) is 56.7 Å². The second-order valence-electron chi connectivity index (χ2n) is 9.51. The Hall–Kier alpha value is -4.51. The summed E-state index contributed by atoms with van der Waals surface area (Å²) in [5.74, 6) is 1.14.